The molecule has 2 rings (SSSR count). The zero-order chi connectivity index (χ0) is 13.9. The van der Waals surface area contributed by atoms with Crippen LogP contribution in [-0.4, -0.2) is 12.9 Å². The zero-order valence-corrected chi connectivity index (χ0v) is 9.91. The molecular weight excluding hydrogens is 259 g/mol. The van der Waals surface area contributed by atoms with Gasteiger partial charge in [0.25, 0.3) is 0 Å². The Labute approximate surface area is 107 Å². The minimum atomic E-state index is -4.68. The number of hydrogen-bond acceptors (Lipinski definition) is 3. The van der Waals surface area contributed by atoms with E-state index in [1.54, 1.807) is 12.1 Å². The van der Waals surface area contributed by atoms with Gasteiger partial charge in [0.2, 0.25) is 0 Å². The maximum atomic E-state index is 12.0. The maximum Gasteiger partial charge on any atom is 0.573 e. The lowest BCUT2D eigenvalue weighted by molar-refractivity contribution is -0.274. The highest BCUT2D eigenvalue weighted by atomic mass is 19.4. The van der Waals surface area contributed by atoms with Crippen molar-refractivity contribution in [1.82, 2.24) is 0 Å². The molecule has 0 aliphatic heterocycles. The van der Waals surface area contributed by atoms with Gasteiger partial charge in [0, 0.05) is 12.0 Å². The number of alkyl halides is 3. The van der Waals surface area contributed by atoms with Crippen LogP contribution in [-0.2, 0) is 6.42 Å². The van der Waals surface area contributed by atoms with E-state index < -0.39 is 6.36 Å². The van der Waals surface area contributed by atoms with Gasteiger partial charge in [0.1, 0.15) is 17.3 Å². The quantitative estimate of drug-likeness (QED) is 0.927. The molecule has 2 aromatic rings. The molecule has 0 saturated heterocycles. The summed E-state index contributed by atoms with van der Waals surface area (Å²) in [4.78, 5) is 0. The van der Waals surface area contributed by atoms with Crippen LogP contribution in [0.5, 0.6) is 5.75 Å². The molecule has 2 N–H and O–H groups in total. The molecule has 1 aromatic heterocycles. The number of nitrogens with two attached hydrogens (primary N) is 1. The van der Waals surface area contributed by atoms with E-state index in [2.05, 4.69) is 4.74 Å². The van der Waals surface area contributed by atoms with Gasteiger partial charge in [-0.1, -0.05) is 0 Å². The molecule has 0 atom stereocenters. The van der Waals surface area contributed by atoms with Crippen molar-refractivity contribution >= 4 is 0 Å². The summed E-state index contributed by atoms with van der Waals surface area (Å²) in [5.74, 6) is 1.07. The van der Waals surface area contributed by atoms with Crippen LogP contribution in [0.4, 0.5) is 13.2 Å². The fourth-order valence-electron chi connectivity index (χ4n) is 1.63. The topological polar surface area (TPSA) is 48.4 Å². The highest BCUT2D eigenvalue weighted by Gasteiger charge is 2.30. The van der Waals surface area contributed by atoms with Gasteiger partial charge in [-0.2, -0.15) is 0 Å². The Balaban J connectivity index is 2.13. The molecule has 0 saturated carbocycles. The highest BCUT2D eigenvalue weighted by Crippen LogP contribution is 2.27. The molecule has 0 amide bonds. The largest absolute Gasteiger partial charge is 0.573 e. The molecule has 0 spiro atoms. The molecule has 0 radical (unpaired) electrons. The van der Waals surface area contributed by atoms with Crippen LogP contribution in [0.15, 0.2) is 40.8 Å². The first-order chi connectivity index (χ1) is 8.98. The first kappa shape index (κ1) is 13.5. The third-order valence-corrected chi connectivity index (χ3v) is 2.42. The second kappa shape index (κ2) is 5.36. The van der Waals surface area contributed by atoms with Gasteiger partial charge in [-0.25, -0.2) is 0 Å². The van der Waals surface area contributed by atoms with Gasteiger partial charge < -0.3 is 14.9 Å². The van der Waals surface area contributed by atoms with E-state index in [0.717, 1.165) is 5.76 Å². The van der Waals surface area contributed by atoms with Crippen LogP contribution in [0.25, 0.3) is 11.3 Å². The van der Waals surface area contributed by atoms with Gasteiger partial charge in [0.05, 0.1) is 0 Å². The molecular formula is C13H12F3NO2. The third-order valence-electron chi connectivity index (χ3n) is 2.42. The van der Waals surface area contributed by atoms with Crippen molar-refractivity contribution in [3.05, 3.63) is 42.2 Å². The van der Waals surface area contributed by atoms with Gasteiger partial charge in [-0.3, -0.25) is 0 Å². The Kier molecular flexibility index (Phi) is 3.80. The van der Waals surface area contributed by atoms with Gasteiger partial charge in [0.15, 0.2) is 0 Å². The average Bonchev–Trinajstić information content (AvgIpc) is 2.77. The average molecular weight is 271 g/mol. The van der Waals surface area contributed by atoms with Crippen molar-refractivity contribution in [1.29, 1.82) is 0 Å². The van der Waals surface area contributed by atoms with E-state index in [9.17, 15) is 13.2 Å². The molecule has 0 bridgehead atoms. The molecule has 102 valence electrons. The smallest absolute Gasteiger partial charge is 0.461 e. The normalized spacial score (nSPS) is 11.6. The SMILES string of the molecule is NCCc1ccc(-c2ccc(OC(F)(F)F)cc2)o1. The molecule has 1 heterocycles. The maximum absolute atomic E-state index is 12.0. The van der Waals surface area contributed by atoms with Crippen molar-refractivity contribution < 1.29 is 22.3 Å². The van der Waals surface area contributed by atoms with Crippen LogP contribution < -0.4 is 10.5 Å². The monoisotopic (exact) mass is 271 g/mol. The number of ether oxygens (including phenoxy) is 1. The fraction of sp³-hybridized carbons (Fsp3) is 0.231. The van der Waals surface area contributed by atoms with E-state index in [0.29, 0.717) is 24.3 Å². The molecule has 19 heavy (non-hydrogen) atoms. The lowest BCUT2D eigenvalue weighted by Crippen LogP contribution is -2.16. The summed E-state index contributed by atoms with van der Waals surface area (Å²) in [5.41, 5.74) is 6.08. The third kappa shape index (κ3) is 3.75. The molecule has 0 aliphatic carbocycles. The summed E-state index contributed by atoms with van der Waals surface area (Å²) >= 11 is 0. The number of hydrogen-bond donors (Lipinski definition) is 1. The second-order valence-electron chi connectivity index (χ2n) is 3.88. The van der Waals surface area contributed by atoms with Crippen molar-refractivity contribution in [2.45, 2.75) is 12.8 Å². The van der Waals surface area contributed by atoms with Crippen LogP contribution in [0.1, 0.15) is 5.76 Å². The minimum Gasteiger partial charge on any atom is -0.461 e. The summed E-state index contributed by atoms with van der Waals surface area (Å²) in [6, 6.07) is 9.05. The van der Waals surface area contributed by atoms with E-state index in [1.165, 1.54) is 24.3 Å². The van der Waals surface area contributed by atoms with Crippen LogP contribution in [0, 0.1) is 0 Å². The summed E-state index contributed by atoms with van der Waals surface area (Å²) in [5, 5.41) is 0. The first-order valence-corrected chi connectivity index (χ1v) is 5.63. The van der Waals surface area contributed by atoms with Crippen molar-refractivity contribution in [2.24, 2.45) is 5.73 Å². The van der Waals surface area contributed by atoms with Crippen molar-refractivity contribution in [3.63, 3.8) is 0 Å². The second-order valence-corrected chi connectivity index (χ2v) is 3.88. The summed E-state index contributed by atoms with van der Waals surface area (Å²) in [6.07, 6.45) is -4.06. The lowest BCUT2D eigenvalue weighted by Gasteiger charge is -2.08. The fourth-order valence-corrected chi connectivity index (χ4v) is 1.63. The van der Waals surface area contributed by atoms with Crippen molar-refractivity contribution in [3.8, 4) is 17.1 Å². The Hall–Kier alpha value is -1.95. The molecule has 6 heteroatoms. The lowest BCUT2D eigenvalue weighted by atomic mass is 10.2. The van der Waals surface area contributed by atoms with Crippen LogP contribution >= 0.6 is 0 Å². The molecule has 0 unspecified atom stereocenters. The Morgan fingerprint density at radius 1 is 1.05 bits per heavy atom. The summed E-state index contributed by atoms with van der Waals surface area (Å²) in [7, 11) is 0. The van der Waals surface area contributed by atoms with E-state index in [4.69, 9.17) is 10.2 Å². The molecule has 1 aromatic carbocycles. The molecule has 3 nitrogen and oxygen atoms in total. The van der Waals surface area contributed by atoms with Gasteiger partial charge in [-0.05, 0) is 42.9 Å². The van der Waals surface area contributed by atoms with Crippen LogP contribution in [0.2, 0.25) is 0 Å². The predicted octanol–water partition coefficient (Wildman–Crippen LogP) is 3.35. The molecule has 0 aliphatic rings. The van der Waals surface area contributed by atoms with E-state index in [-0.39, 0.29) is 5.75 Å². The molecule has 0 fully saturated rings. The minimum absolute atomic E-state index is 0.259. The Morgan fingerprint density at radius 3 is 2.32 bits per heavy atom. The first-order valence-electron chi connectivity index (χ1n) is 5.63. The predicted molar refractivity (Wildman–Crippen MR) is 63.6 cm³/mol. The van der Waals surface area contributed by atoms with Crippen molar-refractivity contribution in [2.75, 3.05) is 6.54 Å². The standard InChI is InChI=1S/C13H12F3NO2/c14-13(15,16)19-11-3-1-9(2-4-11)12-6-5-10(18-12)7-8-17/h1-6H,7-8,17H2. The van der Waals surface area contributed by atoms with E-state index >= 15 is 0 Å². The number of benzene rings is 1. The van der Waals surface area contributed by atoms with E-state index in [1.807, 2.05) is 0 Å². The zero-order valence-electron chi connectivity index (χ0n) is 9.91. The highest BCUT2D eigenvalue weighted by molar-refractivity contribution is 5.58. The van der Waals surface area contributed by atoms with Gasteiger partial charge in [-0.15, -0.1) is 13.2 Å². The summed E-state index contributed by atoms with van der Waals surface area (Å²) < 4.78 is 45.3. The Morgan fingerprint density at radius 2 is 1.74 bits per heavy atom. The van der Waals surface area contributed by atoms with Crippen LogP contribution in [0.3, 0.4) is 0 Å². The van der Waals surface area contributed by atoms with Gasteiger partial charge >= 0.3 is 6.36 Å². The number of halogens is 3. The Bertz CT molecular complexity index is 532. The number of furan rings is 1. The number of rotatable bonds is 4. The summed E-state index contributed by atoms with van der Waals surface area (Å²) in [6.45, 7) is 0.477.